The second-order valence-corrected chi connectivity index (χ2v) is 7.01. The van der Waals surface area contributed by atoms with E-state index in [4.69, 9.17) is 15.2 Å². The molecular formula is C20H27N5O3. The highest BCUT2D eigenvalue weighted by Gasteiger charge is 2.26. The number of nitrogens with two attached hydrogens (primary N) is 1. The van der Waals surface area contributed by atoms with Crippen molar-refractivity contribution in [1.82, 2.24) is 14.9 Å². The lowest BCUT2D eigenvalue weighted by Crippen LogP contribution is -2.38. The monoisotopic (exact) mass is 385 g/mol. The highest BCUT2D eigenvalue weighted by atomic mass is 16.5. The molecule has 1 atom stereocenters. The third-order valence-corrected chi connectivity index (χ3v) is 4.99. The number of fused-ring (bicyclic) bond motifs is 1. The predicted octanol–water partition coefficient (Wildman–Crippen LogP) is 1.53. The van der Waals surface area contributed by atoms with Crippen molar-refractivity contribution in [3.05, 3.63) is 41.3 Å². The van der Waals surface area contributed by atoms with E-state index < -0.39 is 6.04 Å². The number of hydrogen-bond acceptors (Lipinski definition) is 7. The lowest BCUT2D eigenvalue weighted by atomic mass is 10.0. The van der Waals surface area contributed by atoms with Crippen LogP contribution in [0, 0.1) is 0 Å². The van der Waals surface area contributed by atoms with Crippen molar-refractivity contribution in [2.24, 2.45) is 5.73 Å². The number of aromatic nitrogens is 2. The summed E-state index contributed by atoms with van der Waals surface area (Å²) in [5.41, 5.74) is 9.15. The van der Waals surface area contributed by atoms with E-state index in [-0.39, 0.29) is 12.3 Å². The molecule has 0 unspecified atom stereocenters. The molecule has 1 amide bonds. The van der Waals surface area contributed by atoms with Gasteiger partial charge in [-0.2, -0.15) is 0 Å². The molecule has 2 heterocycles. The number of hydrogen-bond donors (Lipinski definition) is 1. The lowest BCUT2D eigenvalue weighted by Gasteiger charge is -2.30. The van der Waals surface area contributed by atoms with Crippen LogP contribution in [0.5, 0.6) is 11.5 Å². The number of nitrogens with zero attached hydrogens (tertiary/aromatic N) is 4. The van der Waals surface area contributed by atoms with Gasteiger partial charge in [-0.05, 0) is 24.1 Å². The zero-order valence-electron chi connectivity index (χ0n) is 16.8. The maximum Gasteiger partial charge on any atom is 0.224 e. The summed E-state index contributed by atoms with van der Waals surface area (Å²) in [6.45, 7) is 1.12. The highest BCUT2D eigenvalue weighted by Crippen LogP contribution is 2.31. The van der Waals surface area contributed by atoms with E-state index in [1.54, 1.807) is 26.6 Å². The zero-order chi connectivity index (χ0) is 20.3. The number of methoxy groups -OCH3 is 2. The number of ether oxygens (including phenoxy) is 2. The van der Waals surface area contributed by atoms with Crippen LogP contribution in [0.2, 0.25) is 0 Å². The average molecular weight is 385 g/mol. The number of amides is 1. The standard InChI is InChI=1S/C20H27N5O3/c1-24(2)20-14-7-8-25(11-16(14)22-12-23-20)19(26)10-15(21)13-5-6-17(27-3)18(9-13)28-4/h5-6,9,12,15H,7-8,10-11,21H2,1-4H3/t15-/m0/s1. The van der Waals surface area contributed by atoms with Crippen LogP contribution in [0.4, 0.5) is 5.82 Å². The van der Waals surface area contributed by atoms with Gasteiger partial charge in [-0.15, -0.1) is 0 Å². The van der Waals surface area contributed by atoms with E-state index in [0.29, 0.717) is 24.6 Å². The summed E-state index contributed by atoms with van der Waals surface area (Å²) < 4.78 is 10.6. The van der Waals surface area contributed by atoms with Crippen LogP contribution in [-0.2, 0) is 17.8 Å². The molecule has 2 aromatic rings. The van der Waals surface area contributed by atoms with Gasteiger partial charge in [-0.25, -0.2) is 9.97 Å². The fraction of sp³-hybridized carbons (Fsp3) is 0.450. The van der Waals surface area contributed by atoms with Gasteiger partial charge in [-0.3, -0.25) is 4.79 Å². The Morgan fingerprint density at radius 1 is 1.25 bits per heavy atom. The van der Waals surface area contributed by atoms with Crippen LogP contribution in [0.3, 0.4) is 0 Å². The van der Waals surface area contributed by atoms with E-state index in [0.717, 1.165) is 29.1 Å². The number of carbonyl (C=O) groups is 1. The smallest absolute Gasteiger partial charge is 0.224 e. The Balaban J connectivity index is 1.69. The van der Waals surface area contributed by atoms with Crippen LogP contribution >= 0.6 is 0 Å². The molecule has 2 N–H and O–H groups in total. The van der Waals surface area contributed by atoms with Gasteiger partial charge in [0.25, 0.3) is 0 Å². The van der Waals surface area contributed by atoms with Crippen molar-refractivity contribution >= 4 is 11.7 Å². The number of carbonyl (C=O) groups excluding carboxylic acids is 1. The van der Waals surface area contributed by atoms with Gasteiger partial charge in [0.15, 0.2) is 11.5 Å². The summed E-state index contributed by atoms with van der Waals surface area (Å²) in [5.74, 6) is 2.16. The Hall–Kier alpha value is -2.87. The molecule has 1 aliphatic rings. The first-order valence-corrected chi connectivity index (χ1v) is 9.20. The quantitative estimate of drug-likeness (QED) is 0.806. The van der Waals surface area contributed by atoms with Crippen molar-refractivity contribution in [2.45, 2.75) is 25.4 Å². The van der Waals surface area contributed by atoms with E-state index in [1.165, 1.54) is 0 Å². The molecule has 8 heteroatoms. The molecule has 0 saturated heterocycles. The Labute approximate surface area is 165 Å². The summed E-state index contributed by atoms with van der Waals surface area (Å²) in [4.78, 5) is 25.3. The van der Waals surface area contributed by atoms with Gasteiger partial charge in [0.05, 0.1) is 26.5 Å². The summed E-state index contributed by atoms with van der Waals surface area (Å²) in [6.07, 6.45) is 2.51. The Kier molecular flexibility index (Phi) is 5.99. The molecule has 1 aromatic carbocycles. The normalized spacial score (nSPS) is 14.2. The highest BCUT2D eigenvalue weighted by molar-refractivity contribution is 5.77. The van der Waals surface area contributed by atoms with Gasteiger partial charge in [0.2, 0.25) is 5.91 Å². The van der Waals surface area contributed by atoms with Gasteiger partial charge >= 0.3 is 0 Å². The summed E-state index contributed by atoms with van der Waals surface area (Å²) >= 11 is 0. The molecule has 1 aliphatic heterocycles. The van der Waals surface area contributed by atoms with E-state index in [9.17, 15) is 4.79 Å². The van der Waals surface area contributed by atoms with E-state index >= 15 is 0 Å². The maximum atomic E-state index is 12.8. The minimum absolute atomic E-state index is 0.0120. The topological polar surface area (TPSA) is 93.8 Å². The lowest BCUT2D eigenvalue weighted by molar-refractivity contribution is -0.132. The zero-order valence-corrected chi connectivity index (χ0v) is 16.8. The fourth-order valence-electron chi connectivity index (χ4n) is 3.45. The fourth-order valence-corrected chi connectivity index (χ4v) is 3.45. The minimum Gasteiger partial charge on any atom is -0.493 e. The van der Waals surface area contributed by atoms with Crippen molar-refractivity contribution < 1.29 is 14.3 Å². The molecular weight excluding hydrogens is 358 g/mol. The molecule has 0 radical (unpaired) electrons. The molecule has 28 heavy (non-hydrogen) atoms. The third kappa shape index (κ3) is 4.01. The Morgan fingerprint density at radius 3 is 2.68 bits per heavy atom. The summed E-state index contributed by atoms with van der Waals surface area (Å²) in [5, 5.41) is 0. The first-order chi connectivity index (χ1) is 13.4. The van der Waals surface area contributed by atoms with Crippen molar-refractivity contribution in [1.29, 1.82) is 0 Å². The van der Waals surface area contributed by atoms with Crippen molar-refractivity contribution in [3.8, 4) is 11.5 Å². The van der Waals surface area contributed by atoms with Gasteiger partial charge in [0, 0.05) is 38.7 Å². The molecule has 3 rings (SSSR count). The number of rotatable bonds is 6. The van der Waals surface area contributed by atoms with Crippen LogP contribution in [0.25, 0.3) is 0 Å². The van der Waals surface area contributed by atoms with Crippen LogP contribution in [0.15, 0.2) is 24.5 Å². The molecule has 0 bridgehead atoms. The first kappa shape index (κ1) is 19.9. The summed E-state index contributed by atoms with van der Waals surface area (Å²) in [6, 6.07) is 5.06. The van der Waals surface area contributed by atoms with Gasteiger partial charge < -0.3 is 25.0 Å². The molecule has 0 saturated carbocycles. The average Bonchev–Trinajstić information content (AvgIpc) is 2.71. The van der Waals surface area contributed by atoms with Crippen LogP contribution in [0.1, 0.15) is 29.3 Å². The van der Waals surface area contributed by atoms with Crippen molar-refractivity contribution in [2.75, 3.05) is 39.8 Å². The molecule has 0 aliphatic carbocycles. The minimum atomic E-state index is -0.420. The summed E-state index contributed by atoms with van der Waals surface area (Å²) in [7, 11) is 7.08. The predicted molar refractivity (Wildman–Crippen MR) is 107 cm³/mol. The second-order valence-electron chi connectivity index (χ2n) is 7.01. The number of anilines is 1. The van der Waals surface area contributed by atoms with E-state index in [1.807, 2.05) is 36.0 Å². The largest absolute Gasteiger partial charge is 0.493 e. The molecule has 0 spiro atoms. The van der Waals surface area contributed by atoms with Crippen molar-refractivity contribution in [3.63, 3.8) is 0 Å². The SMILES string of the molecule is COc1ccc([C@@H](N)CC(=O)N2CCc3c(ncnc3N(C)C)C2)cc1OC. The van der Waals surface area contributed by atoms with Gasteiger partial charge in [0.1, 0.15) is 12.1 Å². The number of benzene rings is 1. The third-order valence-electron chi connectivity index (χ3n) is 4.99. The Morgan fingerprint density at radius 2 is 2.00 bits per heavy atom. The van der Waals surface area contributed by atoms with Gasteiger partial charge in [-0.1, -0.05) is 6.07 Å². The Bertz CT molecular complexity index is 856. The second kappa shape index (κ2) is 8.43. The van der Waals surface area contributed by atoms with E-state index in [2.05, 4.69) is 9.97 Å². The first-order valence-electron chi connectivity index (χ1n) is 9.20. The molecule has 8 nitrogen and oxygen atoms in total. The van der Waals surface area contributed by atoms with Crippen LogP contribution in [-0.4, -0.2) is 55.6 Å². The van der Waals surface area contributed by atoms with Crippen LogP contribution < -0.4 is 20.1 Å². The molecule has 150 valence electrons. The molecule has 1 aromatic heterocycles. The maximum absolute atomic E-state index is 12.8. The molecule has 0 fully saturated rings.